The number of piperidine rings is 1. The molecule has 196 valence electrons. The van der Waals surface area contributed by atoms with E-state index in [0.717, 1.165) is 25.7 Å². The quantitative estimate of drug-likeness (QED) is 0.541. The number of alkyl halides is 3. The minimum Gasteiger partial charge on any atom is -0.483 e. The van der Waals surface area contributed by atoms with Crippen LogP contribution in [0.4, 0.5) is 18.9 Å². The summed E-state index contributed by atoms with van der Waals surface area (Å²) in [6.45, 7) is 9.20. The number of carboxylic acids is 1. The predicted octanol–water partition coefficient (Wildman–Crippen LogP) is 5.23. The van der Waals surface area contributed by atoms with Gasteiger partial charge in [-0.25, -0.2) is 0 Å². The summed E-state index contributed by atoms with van der Waals surface area (Å²) < 4.78 is 40.5. The lowest BCUT2D eigenvalue weighted by molar-refractivity contribution is -0.143. The van der Waals surface area contributed by atoms with Crippen molar-refractivity contribution in [2.24, 2.45) is 5.92 Å². The highest BCUT2D eigenvalue weighted by atomic mass is 19.4. The first-order valence-corrected chi connectivity index (χ1v) is 12.0. The van der Waals surface area contributed by atoms with Crippen molar-refractivity contribution in [1.82, 2.24) is 4.90 Å². The molecule has 4 rings (SSSR count). The average Bonchev–Trinajstić information content (AvgIpc) is 2.76. The monoisotopic (exact) mass is 506 g/mol. The highest BCUT2D eigenvalue weighted by Crippen LogP contribution is 2.42. The van der Waals surface area contributed by atoms with Gasteiger partial charge in [-0.3, -0.25) is 14.5 Å². The third-order valence-electron chi connectivity index (χ3n) is 7.25. The van der Waals surface area contributed by atoms with Crippen molar-refractivity contribution < 1.29 is 33.0 Å². The standard InChI is InChI=1S/C26H31F3N2O2.CH2O2/c1-16-5-4-6-23(26(27,28)29)24(16)31-13-21(14-31)20-11-17(2)22(18(3)12-20)15-30-9-7-19(8-10-30)25(32)33;2-1-3/h4-6,11-12,19,21H,7-10,13-15H2,1-3H3,(H,32,33);1H,(H,2,3). The van der Waals surface area contributed by atoms with E-state index < -0.39 is 17.7 Å². The van der Waals surface area contributed by atoms with Crippen LogP contribution in [0.15, 0.2) is 30.3 Å². The zero-order valence-corrected chi connectivity index (χ0v) is 20.8. The van der Waals surface area contributed by atoms with Crippen molar-refractivity contribution in [1.29, 1.82) is 0 Å². The van der Waals surface area contributed by atoms with Gasteiger partial charge < -0.3 is 15.1 Å². The summed E-state index contributed by atoms with van der Waals surface area (Å²) in [7, 11) is 0. The molecule has 2 heterocycles. The molecule has 36 heavy (non-hydrogen) atoms. The molecule has 6 nitrogen and oxygen atoms in total. The van der Waals surface area contributed by atoms with Gasteiger partial charge in [-0.15, -0.1) is 0 Å². The summed E-state index contributed by atoms with van der Waals surface area (Å²) in [6, 6.07) is 8.72. The van der Waals surface area contributed by atoms with Crippen LogP contribution in [-0.2, 0) is 22.3 Å². The Morgan fingerprint density at radius 2 is 1.61 bits per heavy atom. The van der Waals surface area contributed by atoms with Gasteiger partial charge in [0.05, 0.1) is 17.2 Å². The maximum Gasteiger partial charge on any atom is 0.418 e. The van der Waals surface area contributed by atoms with E-state index in [0.29, 0.717) is 37.2 Å². The second-order valence-corrected chi connectivity index (χ2v) is 9.70. The third kappa shape index (κ3) is 6.19. The highest BCUT2D eigenvalue weighted by molar-refractivity contribution is 5.70. The summed E-state index contributed by atoms with van der Waals surface area (Å²) >= 11 is 0. The number of anilines is 1. The van der Waals surface area contributed by atoms with Crippen molar-refractivity contribution in [3.05, 3.63) is 63.7 Å². The molecule has 2 saturated heterocycles. The molecule has 2 aliphatic heterocycles. The average molecular weight is 507 g/mol. The Morgan fingerprint density at radius 1 is 1.06 bits per heavy atom. The van der Waals surface area contributed by atoms with E-state index in [-0.39, 0.29) is 18.3 Å². The number of carboxylic acid groups (broad SMARTS) is 2. The van der Waals surface area contributed by atoms with Crippen LogP contribution in [0.5, 0.6) is 0 Å². The van der Waals surface area contributed by atoms with E-state index in [1.165, 1.54) is 28.3 Å². The van der Waals surface area contributed by atoms with E-state index in [4.69, 9.17) is 9.90 Å². The maximum atomic E-state index is 13.5. The highest BCUT2D eigenvalue weighted by Gasteiger charge is 2.39. The van der Waals surface area contributed by atoms with Crippen LogP contribution in [0.3, 0.4) is 0 Å². The number of para-hydroxylation sites is 1. The molecule has 2 aromatic carbocycles. The van der Waals surface area contributed by atoms with Gasteiger partial charge in [-0.2, -0.15) is 13.2 Å². The van der Waals surface area contributed by atoms with Crippen LogP contribution < -0.4 is 4.90 Å². The fourth-order valence-corrected chi connectivity index (χ4v) is 5.25. The Kier molecular flexibility index (Phi) is 8.66. The number of nitrogens with zero attached hydrogens (tertiary/aromatic N) is 2. The smallest absolute Gasteiger partial charge is 0.418 e. The van der Waals surface area contributed by atoms with Gasteiger partial charge in [0.25, 0.3) is 6.47 Å². The van der Waals surface area contributed by atoms with Gasteiger partial charge in [-0.05, 0) is 80.6 Å². The van der Waals surface area contributed by atoms with Gasteiger partial charge >= 0.3 is 12.1 Å². The second kappa shape index (κ2) is 11.3. The maximum absolute atomic E-state index is 13.5. The molecule has 0 aromatic heterocycles. The van der Waals surface area contributed by atoms with Crippen LogP contribution in [0, 0.1) is 26.7 Å². The van der Waals surface area contributed by atoms with Crippen molar-refractivity contribution in [3.8, 4) is 0 Å². The Hall–Kier alpha value is -3.07. The summed E-state index contributed by atoms with van der Waals surface area (Å²) in [4.78, 5) is 23.7. The summed E-state index contributed by atoms with van der Waals surface area (Å²) in [5, 5.41) is 16.1. The predicted molar refractivity (Wildman–Crippen MR) is 131 cm³/mol. The van der Waals surface area contributed by atoms with Gasteiger partial charge in [0, 0.05) is 25.6 Å². The summed E-state index contributed by atoms with van der Waals surface area (Å²) in [5.74, 6) is -0.726. The second-order valence-electron chi connectivity index (χ2n) is 9.70. The number of hydrogen-bond acceptors (Lipinski definition) is 4. The molecule has 2 fully saturated rings. The SMILES string of the molecule is Cc1cc(C2CN(c3c(C)cccc3C(F)(F)F)C2)cc(C)c1CN1CCC(C(=O)O)CC1.O=CO. The molecule has 0 aliphatic carbocycles. The molecule has 0 spiro atoms. The Morgan fingerprint density at radius 3 is 2.11 bits per heavy atom. The number of hydrogen-bond donors (Lipinski definition) is 2. The number of aliphatic carboxylic acids is 1. The molecule has 2 aromatic rings. The molecule has 0 bridgehead atoms. The van der Waals surface area contributed by atoms with E-state index >= 15 is 0 Å². The lowest BCUT2D eigenvalue weighted by Crippen LogP contribution is -2.46. The Balaban J connectivity index is 0.00000115. The summed E-state index contributed by atoms with van der Waals surface area (Å²) in [6.07, 6.45) is -3.00. The number of benzene rings is 2. The lowest BCUT2D eigenvalue weighted by atomic mass is 9.86. The first kappa shape index (κ1) is 27.5. The third-order valence-corrected chi connectivity index (χ3v) is 7.25. The van der Waals surface area contributed by atoms with Gasteiger partial charge in [-0.1, -0.05) is 24.3 Å². The summed E-state index contributed by atoms with van der Waals surface area (Å²) in [5.41, 5.74) is 5.22. The molecular formula is C27H33F3N2O4. The molecule has 0 unspecified atom stereocenters. The number of halogens is 3. The largest absolute Gasteiger partial charge is 0.483 e. The number of rotatable bonds is 5. The minimum atomic E-state index is -4.36. The van der Waals surface area contributed by atoms with Gasteiger partial charge in [0.1, 0.15) is 0 Å². The number of aryl methyl sites for hydroxylation is 3. The fourth-order valence-electron chi connectivity index (χ4n) is 5.25. The topological polar surface area (TPSA) is 81.1 Å². The van der Waals surface area contributed by atoms with Crippen molar-refractivity contribution in [3.63, 3.8) is 0 Å². The first-order chi connectivity index (χ1) is 17.0. The van der Waals surface area contributed by atoms with Crippen LogP contribution in [0.2, 0.25) is 0 Å². The normalized spacial score (nSPS) is 17.2. The molecule has 2 N–H and O–H groups in total. The molecule has 2 aliphatic rings. The van der Waals surface area contributed by atoms with E-state index in [2.05, 4.69) is 30.9 Å². The van der Waals surface area contributed by atoms with Gasteiger partial charge in [0.15, 0.2) is 0 Å². The fraction of sp³-hybridized carbons (Fsp3) is 0.481. The van der Waals surface area contributed by atoms with Crippen LogP contribution >= 0.6 is 0 Å². The van der Waals surface area contributed by atoms with Crippen molar-refractivity contribution in [2.75, 3.05) is 31.1 Å². The van der Waals surface area contributed by atoms with Crippen LogP contribution in [-0.4, -0.2) is 53.7 Å². The molecule has 0 atom stereocenters. The Labute approximate surface area is 209 Å². The van der Waals surface area contributed by atoms with Gasteiger partial charge in [0.2, 0.25) is 0 Å². The molecule has 0 amide bonds. The molecule has 9 heteroatoms. The first-order valence-electron chi connectivity index (χ1n) is 12.0. The molecule has 0 radical (unpaired) electrons. The van der Waals surface area contributed by atoms with Crippen LogP contribution in [0.1, 0.15) is 52.1 Å². The molecular weight excluding hydrogens is 473 g/mol. The lowest BCUT2D eigenvalue weighted by Gasteiger charge is -2.43. The zero-order valence-electron chi connectivity index (χ0n) is 20.8. The molecule has 0 saturated carbocycles. The van der Waals surface area contributed by atoms with Crippen molar-refractivity contribution >= 4 is 18.1 Å². The zero-order chi connectivity index (χ0) is 26.6. The van der Waals surface area contributed by atoms with E-state index in [9.17, 15) is 23.1 Å². The van der Waals surface area contributed by atoms with E-state index in [1.807, 2.05) is 4.90 Å². The number of carbonyl (C=O) groups is 2. The Bertz CT molecular complexity index is 1070. The van der Waals surface area contributed by atoms with E-state index in [1.54, 1.807) is 13.0 Å². The van der Waals surface area contributed by atoms with Crippen LogP contribution in [0.25, 0.3) is 0 Å². The number of likely N-dealkylation sites (tertiary alicyclic amines) is 1. The van der Waals surface area contributed by atoms with Crippen molar-refractivity contribution in [2.45, 2.75) is 52.3 Å². The minimum absolute atomic E-state index is 0.212.